The maximum atomic E-state index is 12.2. The number of hydrogen-bond donors (Lipinski definition) is 0. The zero-order valence-electron chi connectivity index (χ0n) is 10.8. The summed E-state index contributed by atoms with van der Waals surface area (Å²) in [5, 5.41) is 1.59. The highest BCUT2D eigenvalue weighted by Gasteiger charge is 2.16. The Hall–Kier alpha value is -0.540. The van der Waals surface area contributed by atoms with Gasteiger partial charge in [-0.3, -0.25) is 4.79 Å². The Labute approximate surface area is 122 Å². The van der Waals surface area contributed by atoms with Gasteiger partial charge in [-0.1, -0.05) is 39.7 Å². The van der Waals surface area contributed by atoms with Crippen molar-refractivity contribution in [3.05, 3.63) is 34.9 Å². The molecular formula is C14H19BrClNO. The third-order valence-electron chi connectivity index (χ3n) is 2.72. The molecule has 1 aromatic rings. The van der Waals surface area contributed by atoms with Gasteiger partial charge in [-0.25, -0.2) is 0 Å². The average molecular weight is 333 g/mol. The van der Waals surface area contributed by atoms with Crippen molar-refractivity contribution in [2.75, 3.05) is 11.9 Å². The Morgan fingerprint density at radius 3 is 2.72 bits per heavy atom. The van der Waals surface area contributed by atoms with Crippen LogP contribution >= 0.6 is 27.5 Å². The minimum absolute atomic E-state index is 0.160. The molecule has 0 saturated carbocycles. The number of nitrogens with zero attached hydrogens (tertiary/aromatic N) is 1. The fraction of sp³-hybridized carbons (Fsp3) is 0.500. The summed E-state index contributed by atoms with van der Waals surface area (Å²) in [7, 11) is 0. The molecule has 0 fully saturated rings. The van der Waals surface area contributed by atoms with Gasteiger partial charge in [0.25, 0.3) is 0 Å². The van der Waals surface area contributed by atoms with Crippen molar-refractivity contribution < 1.29 is 4.79 Å². The van der Waals surface area contributed by atoms with Crippen LogP contribution in [0.25, 0.3) is 0 Å². The minimum Gasteiger partial charge on any atom is -0.340 e. The van der Waals surface area contributed by atoms with Crippen LogP contribution in [-0.2, 0) is 11.2 Å². The molecule has 0 radical (unpaired) electrons. The van der Waals surface area contributed by atoms with Crippen LogP contribution in [0.4, 0.5) is 0 Å². The topological polar surface area (TPSA) is 20.3 Å². The standard InChI is InChI=1S/C14H19BrClNO/c1-11(2)17(8-4-7-15)14(18)10-12-5-3-6-13(16)9-12/h3,5-6,9,11H,4,7-8,10H2,1-2H3. The van der Waals surface area contributed by atoms with Gasteiger partial charge in [-0.15, -0.1) is 0 Å². The quantitative estimate of drug-likeness (QED) is 0.723. The Morgan fingerprint density at radius 2 is 2.17 bits per heavy atom. The Balaban J connectivity index is 2.66. The molecule has 0 aliphatic rings. The second-order valence-electron chi connectivity index (χ2n) is 4.53. The van der Waals surface area contributed by atoms with Crippen LogP contribution in [-0.4, -0.2) is 28.7 Å². The summed E-state index contributed by atoms with van der Waals surface area (Å²) >= 11 is 9.32. The molecule has 18 heavy (non-hydrogen) atoms. The molecule has 0 spiro atoms. The summed E-state index contributed by atoms with van der Waals surface area (Å²) in [6.07, 6.45) is 1.39. The Kier molecular flexibility index (Phi) is 6.72. The lowest BCUT2D eigenvalue weighted by Gasteiger charge is -2.26. The lowest BCUT2D eigenvalue weighted by molar-refractivity contribution is -0.132. The number of halogens is 2. The molecular weight excluding hydrogens is 314 g/mol. The normalized spacial score (nSPS) is 10.7. The number of carbonyl (C=O) groups excluding carboxylic acids is 1. The zero-order chi connectivity index (χ0) is 13.5. The molecule has 0 N–H and O–H groups in total. The van der Waals surface area contributed by atoms with E-state index >= 15 is 0 Å². The Morgan fingerprint density at radius 1 is 1.44 bits per heavy atom. The average Bonchev–Trinajstić information content (AvgIpc) is 2.29. The van der Waals surface area contributed by atoms with E-state index in [1.54, 1.807) is 0 Å². The number of rotatable bonds is 6. The number of hydrogen-bond acceptors (Lipinski definition) is 1. The smallest absolute Gasteiger partial charge is 0.227 e. The van der Waals surface area contributed by atoms with Crippen LogP contribution in [0.3, 0.4) is 0 Å². The molecule has 0 heterocycles. The van der Waals surface area contributed by atoms with Crippen LogP contribution in [0.1, 0.15) is 25.8 Å². The van der Waals surface area contributed by atoms with Gasteiger partial charge >= 0.3 is 0 Å². The fourth-order valence-electron chi connectivity index (χ4n) is 1.82. The van der Waals surface area contributed by atoms with Gasteiger partial charge in [0, 0.05) is 22.9 Å². The fourth-order valence-corrected chi connectivity index (χ4v) is 2.29. The first-order valence-corrected chi connectivity index (χ1v) is 7.64. The minimum atomic E-state index is 0.160. The molecule has 100 valence electrons. The lowest BCUT2D eigenvalue weighted by Crippen LogP contribution is -2.38. The largest absolute Gasteiger partial charge is 0.340 e. The summed E-state index contributed by atoms with van der Waals surface area (Å²) in [4.78, 5) is 14.2. The van der Waals surface area contributed by atoms with E-state index in [-0.39, 0.29) is 11.9 Å². The SMILES string of the molecule is CC(C)N(CCCBr)C(=O)Cc1cccc(Cl)c1. The summed E-state index contributed by atoms with van der Waals surface area (Å²) in [6, 6.07) is 7.72. The first-order valence-electron chi connectivity index (χ1n) is 6.14. The predicted octanol–water partition coefficient (Wildman–Crippen LogP) is 3.90. The molecule has 0 aromatic heterocycles. The second kappa shape index (κ2) is 7.80. The van der Waals surface area contributed by atoms with Crippen molar-refractivity contribution in [2.24, 2.45) is 0 Å². The van der Waals surface area contributed by atoms with E-state index in [0.717, 1.165) is 23.9 Å². The summed E-state index contributed by atoms with van der Waals surface area (Å²) in [5.41, 5.74) is 0.969. The zero-order valence-corrected chi connectivity index (χ0v) is 13.2. The third kappa shape index (κ3) is 4.99. The van der Waals surface area contributed by atoms with Crippen LogP contribution in [0.2, 0.25) is 5.02 Å². The summed E-state index contributed by atoms with van der Waals surface area (Å²) in [5.74, 6) is 0.160. The van der Waals surface area contributed by atoms with E-state index in [1.807, 2.05) is 43.0 Å². The maximum absolute atomic E-state index is 12.2. The van der Waals surface area contributed by atoms with Gasteiger partial charge in [0.1, 0.15) is 0 Å². The van der Waals surface area contributed by atoms with Crippen molar-refractivity contribution in [1.82, 2.24) is 4.90 Å². The number of alkyl halides is 1. The molecule has 1 aromatic carbocycles. The highest BCUT2D eigenvalue weighted by atomic mass is 79.9. The van der Waals surface area contributed by atoms with E-state index in [4.69, 9.17) is 11.6 Å². The van der Waals surface area contributed by atoms with Crippen LogP contribution in [0.5, 0.6) is 0 Å². The van der Waals surface area contributed by atoms with Crippen molar-refractivity contribution in [2.45, 2.75) is 32.7 Å². The molecule has 4 heteroatoms. The molecule has 1 amide bonds. The molecule has 0 aliphatic heterocycles. The summed E-state index contributed by atoms with van der Waals surface area (Å²) < 4.78 is 0. The first kappa shape index (κ1) is 15.5. The maximum Gasteiger partial charge on any atom is 0.227 e. The number of amides is 1. The van der Waals surface area contributed by atoms with Crippen LogP contribution in [0.15, 0.2) is 24.3 Å². The molecule has 0 saturated heterocycles. The van der Waals surface area contributed by atoms with Gasteiger partial charge < -0.3 is 4.90 Å². The van der Waals surface area contributed by atoms with E-state index in [1.165, 1.54) is 0 Å². The monoisotopic (exact) mass is 331 g/mol. The van der Waals surface area contributed by atoms with Gasteiger partial charge in [0.05, 0.1) is 6.42 Å². The molecule has 0 aliphatic carbocycles. The highest BCUT2D eigenvalue weighted by Crippen LogP contribution is 2.13. The molecule has 0 bridgehead atoms. The number of carbonyl (C=O) groups is 1. The van der Waals surface area contributed by atoms with Gasteiger partial charge in [0.15, 0.2) is 0 Å². The van der Waals surface area contributed by atoms with Crippen molar-refractivity contribution in [1.29, 1.82) is 0 Å². The third-order valence-corrected chi connectivity index (χ3v) is 3.52. The molecule has 2 nitrogen and oxygen atoms in total. The van der Waals surface area contributed by atoms with Crippen molar-refractivity contribution >= 4 is 33.4 Å². The Bertz CT molecular complexity index is 395. The van der Waals surface area contributed by atoms with Crippen LogP contribution in [0, 0.1) is 0 Å². The van der Waals surface area contributed by atoms with Crippen molar-refractivity contribution in [3.8, 4) is 0 Å². The van der Waals surface area contributed by atoms with E-state index in [2.05, 4.69) is 15.9 Å². The molecule has 0 unspecified atom stereocenters. The van der Waals surface area contributed by atoms with Gasteiger partial charge in [-0.2, -0.15) is 0 Å². The highest BCUT2D eigenvalue weighted by molar-refractivity contribution is 9.09. The number of benzene rings is 1. The van der Waals surface area contributed by atoms with Gasteiger partial charge in [0.2, 0.25) is 5.91 Å². The lowest BCUT2D eigenvalue weighted by atomic mass is 10.1. The molecule has 1 rings (SSSR count). The van der Waals surface area contributed by atoms with Crippen LogP contribution < -0.4 is 0 Å². The summed E-state index contributed by atoms with van der Waals surface area (Å²) in [6.45, 7) is 4.89. The van der Waals surface area contributed by atoms with E-state index in [9.17, 15) is 4.79 Å². The van der Waals surface area contributed by atoms with E-state index in [0.29, 0.717) is 11.4 Å². The van der Waals surface area contributed by atoms with E-state index < -0.39 is 0 Å². The predicted molar refractivity (Wildman–Crippen MR) is 80.4 cm³/mol. The molecule has 0 atom stereocenters. The van der Waals surface area contributed by atoms with Gasteiger partial charge in [-0.05, 0) is 38.0 Å². The second-order valence-corrected chi connectivity index (χ2v) is 5.76. The first-order chi connectivity index (χ1) is 8.54. The van der Waals surface area contributed by atoms with Crippen molar-refractivity contribution in [3.63, 3.8) is 0 Å².